The molecule has 2 amide bonds. The van der Waals surface area contributed by atoms with E-state index in [1.54, 1.807) is 0 Å². The molecular formula is C23H27N3O3. The van der Waals surface area contributed by atoms with E-state index in [0.29, 0.717) is 13.2 Å². The Morgan fingerprint density at radius 1 is 1.14 bits per heavy atom. The summed E-state index contributed by atoms with van der Waals surface area (Å²) in [6.45, 7) is 5.01. The summed E-state index contributed by atoms with van der Waals surface area (Å²) in [4.78, 5) is 24.7. The Hall–Kier alpha value is -3.15. The molecule has 0 saturated heterocycles. The largest absolute Gasteiger partial charge is 0.494 e. The predicted molar refractivity (Wildman–Crippen MR) is 113 cm³/mol. The number of amides is 2. The van der Waals surface area contributed by atoms with Crippen molar-refractivity contribution in [3.63, 3.8) is 0 Å². The summed E-state index contributed by atoms with van der Waals surface area (Å²) in [5, 5.41) is 8.85. The molecule has 1 aliphatic rings. The van der Waals surface area contributed by atoms with E-state index in [-0.39, 0.29) is 30.7 Å². The van der Waals surface area contributed by atoms with Gasteiger partial charge in [-0.15, -0.1) is 0 Å². The molecule has 1 N–H and O–H groups in total. The third-order valence-corrected chi connectivity index (χ3v) is 4.81. The van der Waals surface area contributed by atoms with E-state index in [9.17, 15) is 9.59 Å². The zero-order valence-corrected chi connectivity index (χ0v) is 16.9. The number of carbonyl (C=O) groups excluding carboxylic acids is 2. The maximum atomic E-state index is 12.4. The lowest BCUT2D eigenvalue weighted by molar-refractivity contribution is -0.133. The molecule has 0 saturated carbocycles. The van der Waals surface area contributed by atoms with Gasteiger partial charge in [-0.3, -0.25) is 9.59 Å². The lowest BCUT2D eigenvalue weighted by Gasteiger charge is -2.16. The molecule has 2 aromatic carbocycles. The van der Waals surface area contributed by atoms with Gasteiger partial charge in [0.1, 0.15) is 5.75 Å². The van der Waals surface area contributed by atoms with Gasteiger partial charge in [-0.25, -0.2) is 5.01 Å². The average molecular weight is 393 g/mol. The highest BCUT2D eigenvalue weighted by molar-refractivity contribution is 6.02. The average Bonchev–Trinajstić information content (AvgIpc) is 3.23. The van der Waals surface area contributed by atoms with Gasteiger partial charge < -0.3 is 10.1 Å². The van der Waals surface area contributed by atoms with Crippen molar-refractivity contribution in [2.45, 2.75) is 39.2 Å². The van der Waals surface area contributed by atoms with Crippen LogP contribution in [0.3, 0.4) is 0 Å². The van der Waals surface area contributed by atoms with Crippen molar-refractivity contribution in [3.05, 3.63) is 65.7 Å². The molecule has 0 aliphatic carbocycles. The number of ether oxygens (including phenoxy) is 1. The second-order valence-electron chi connectivity index (χ2n) is 6.97. The van der Waals surface area contributed by atoms with Crippen LogP contribution < -0.4 is 10.1 Å². The monoisotopic (exact) mass is 393 g/mol. The van der Waals surface area contributed by atoms with E-state index < -0.39 is 0 Å². The fraction of sp³-hybridized carbons (Fsp3) is 0.348. The lowest BCUT2D eigenvalue weighted by atomic mass is 10.1. The molecule has 29 heavy (non-hydrogen) atoms. The molecule has 0 fully saturated rings. The first-order valence-electron chi connectivity index (χ1n) is 10.0. The minimum atomic E-state index is -0.160. The van der Waals surface area contributed by atoms with Gasteiger partial charge >= 0.3 is 0 Å². The standard InChI is InChI=1S/C23H27N3O3/c1-3-29-20-11-7-10-19(16-20)17(2)24-22(27)12-13-23(28)26-15-14-21(25-26)18-8-5-4-6-9-18/h4-11,16-17H,3,12-15H2,1-2H3,(H,24,27). The maximum Gasteiger partial charge on any atom is 0.243 e. The Kier molecular flexibility index (Phi) is 7.00. The van der Waals surface area contributed by atoms with Crippen LogP contribution in [0.25, 0.3) is 0 Å². The molecule has 0 aromatic heterocycles. The number of nitrogens with zero attached hydrogens (tertiary/aromatic N) is 2. The van der Waals surface area contributed by atoms with Gasteiger partial charge in [-0.1, -0.05) is 42.5 Å². The van der Waals surface area contributed by atoms with Crippen molar-refractivity contribution in [1.82, 2.24) is 10.3 Å². The van der Waals surface area contributed by atoms with E-state index in [0.717, 1.165) is 29.0 Å². The van der Waals surface area contributed by atoms with Crippen LogP contribution in [0, 0.1) is 0 Å². The van der Waals surface area contributed by atoms with E-state index in [1.165, 1.54) is 5.01 Å². The van der Waals surface area contributed by atoms with Crippen LogP contribution >= 0.6 is 0 Å². The number of carbonyl (C=O) groups is 2. The molecule has 1 aliphatic heterocycles. The van der Waals surface area contributed by atoms with Crippen LogP contribution in [0.5, 0.6) is 5.75 Å². The first kappa shape index (κ1) is 20.6. The Morgan fingerprint density at radius 2 is 1.93 bits per heavy atom. The Bertz CT molecular complexity index is 880. The fourth-order valence-corrected chi connectivity index (χ4v) is 3.26. The summed E-state index contributed by atoms with van der Waals surface area (Å²) in [5.74, 6) is 0.499. The Balaban J connectivity index is 1.48. The van der Waals surface area contributed by atoms with Crippen LogP contribution in [0.1, 0.15) is 50.3 Å². The summed E-state index contributed by atoms with van der Waals surface area (Å²) in [6, 6.07) is 17.3. The zero-order chi connectivity index (χ0) is 20.6. The summed E-state index contributed by atoms with van der Waals surface area (Å²) < 4.78 is 5.50. The predicted octanol–water partition coefficient (Wildman–Crippen LogP) is 3.68. The van der Waals surface area contributed by atoms with Crippen LogP contribution in [0.15, 0.2) is 59.7 Å². The van der Waals surface area contributed by atoms with E-state index >= 15 is 0 Å². The number of hydrogen-bond acceptors (Lipinski definition) is 4. The SMILES string of the molecule is CCOc1cccc(C(C)NC(=O)CCC(=O)N2CCC(c3ccccc3)=N2)c1. The van der Waals surface area contributed by atoms with E-state index in [1.807, 2.05) is 68.4 Å². The molecule has 152 valence electrons. The number of hydrogen-bond donors (Lipinski definition) is 1. The molecule has 0 bridgehead atoms. The van der Waals surface area contributed by atoms with E-state index in [4.69, 9.17) is 4.74 Å². The quantitative estimate of drug-likeness (QED) is 0.744. The van der Waals surface area contributed by atoms with Gasteiger partial charge in [-0.05, 0) is 37.1 Å². The van der Waals surface area contributed by atoms with Crippen molar-refractivity contribution < 1.29 is 14.3 Å². The number of benzene rings is 2. The molecule has 1 atom stereocenters. The Morgan fingerprint density at radius 3 is 2.69 bits per heavy atom. The second kappa shape index (κ2) is 9.87. The summed E-state index contributed by atoms with van der Waals surface area (Å²) >= 11 is 0. The van der Waals surface area contributed by atoms with Gasteiger partial charge in [0.25, 0.3) is 0 Å². The highest BCUT2D eigenvalue weighted by Crippen LogP contribution is 2.19. The van der Waals surface area contributed by atoms with Gasteiger partial charge in [0.2, 0.25) is 11.8 Å². The zero-order valence-electron chi connectivity index (χ0n) is 16.9. The van der Waals surface area contributed by atoms with Gasteiger partial charge in [0.05, 0.1) is 24.9 Å². The Labute approximate surface area is 171 Å². The minimum Gasteiger partial charge on any atom is -0.494 e. The molecule has 2 aromatic rings. The van der Waals surface area contributed by atoms with Gasteiger partial charge in [0, 0.05) is 19.3 Å². The molecule has 6 nitrogen and oxygen atoms in total. The number of nitrogens with one attached hydrogen (secondary N) is 1. The third-order valence-electron chi connectivity index (χ3n) is 4.81. The maximum absolute atomic E-state index is 12.4. The minimum absolute atomic E-state index is 0.128. The van der Waals surface area contributed by atoms with Gasteiger partial charge in [0.15, 0.2) is 0 Å². The first-order valence-corrected chi connectivity index (χ1v) is 10.0. The highest BCUT2D eigenvalue weighted by atomic mass is 16.5. The molecule has 1 unspecified atom stereocenters. The molecule has 6 heteroatoms. The number of rotatable bonds is 8. The molecule has 0 radical (unpaired) electrons. The van der Waals surface area contributed by atoms with Crippen LogP contribution in [-0.2, 0) is 9.59 Å². The molecular weight excluding hydrogens is 366 g/mol. The van der Waals surface area contributed by atoms with Crippen molar-refractivity contribution in [2.75, 3.05) is 13.2 Å². The van der Waals surface area contributed by atoms with Crippen LogP contribution in [0.2, 0.25) is 0 Å². The van der Waals surface area contributed by atoms with Crippen LogP contribution in [-0.4, -0.2) is 35.7 Å². The third kappa shape index (κ3) is 5.67. The van der Waals surface area contributed by atoms with Crippen molar-refractivity contribution >= 4 is 17.5 Å². The van der Waals surface area contributed by atoms with Crippen molar-refractivity contribution in [2.24, 2.45) is 5.10 Å². The molecule has 1 heterocycles. The lowest BCUT2D eigenvalue weighted by Crippen LogP contribution is -2.29. The highest BCUT2D eigenvalue weighted by Gasteiger charge is 2.22. The number of hydrazone groups is 1. The molecule has 0 spiro atoms. The fourth-order valence-electron chi connectivity index (χ4n) is 3.26. The smallest absolute Gasteiger partial charge is 0.243 e. The van der Waals surface area contributed by atoms with Crippen LogP contribution in [0.4, 0.5) is 0 Å². The van der Waals surface area contributed by atoms with Crippen molar-refractivity contribution in [1.29, 1.82) is 0 Å². The summed E-state index contributed by atoms with van der Waals surface area (Å²) in [6.07, 6.45) is 1.01. The van der Waals surface area contributed by atoms with Crippen molar-refractivity contribution in [3.8, 4) is 5.75 Å². The van der Waals surface area contributed by atoms with E-state index in [2.05, 4.69) is 10.4 Å². The summed E-state index contributed by atoms with van der Waals surface area (Å²) in [7, 11) is 0. The first-order chi connectivity index (χ1) is 14.1. The molecule has 3 rings (SSSR count). The van der Waals surface area contributed by atoms with Gasteiger partial charge in [-0.2, -0.15) is 5.10 Å². The normalized spacial score (nSPS) is 14.3. The second-order valence-corrected chi connectivity index (χ2v) is 6.97. The summed E-state index contributed by atoms with van der Waals surface area (Å²) in [5.41, 5.74) is 2.90. The topological polar surface area (TPSA) is 71.0 Å².